The Balaban J connectivity index is 2.68. The smallest absolute Gasteiger partial charge is 0.254 e. The highest BCUT2D eigenvalue weighted by molar-refractivity contribution is 5.94. The maximum atomic E-state index is 12.2. The molecule has 0 spiro atoms. The van der Waals surface area contributed by atoms with Gasteiger partial charge in [-0.05, 0) is 38.3 Å². The molecule has 4 heteroatoms. The predicted molar refractivity (Wildman–Crippen MR) is 79.4 cm³/mol. The van der Waals surface area contributed by atoms with Crippen LogP contribution in [0, 0.1) is 5.92 Å². The maximum absolute atomic E-state index is 12.2. The summed E-state index contributed by atoms with van der Waals surface area (Å²) in [6.45, 7) is 10.7. The van der Waals surface area contributed by atoms with Crippen LogP contribution in [0.5, 0.6) is 0 Å². The van der Waals surface area contributed by atoms with E-state index in [1.54, 1.807) is 12.3 Å². The molecule has 0 saturated carbocycles. The predicted octanol–water partition coefficient (Wildman–Crippen LogP) is 3.02. The molecule has 19 heavy (non-hydrogen) atoms. The van der Waals surface area contributed by atoms with E-state index >= 15 is 0 Å². The Bertz CT molecular complexity index is 400. The molecule has 0 aromatic carbocycles. The van der Waals surface area contributed by atoms with Crippen LogP contribution in [0.1, 0.15) is 44.5 Å². The summed E-state index contributed by atoms with van der Waals surface area (Å²) < 4.78 is 0. The SMILES string of the molecule is CCN(CC)C(=O)c1ccnc(NCCC(C)C)c1. The average molecular weight is 263 g/mol. The summed E-state index contributed by atoms with van der Waals surface area (Å²) in [6, 6.07) is 3.61. The van der Waals surface area contributed by atoms with E-state index in [1.807, 2.05) is 24.8 Å². The third-order valence-electron chi connectivity index (χ3n) is 3.09. The molecule has 1 rings (SSSR count). The van der Waals surface area contributed by atoms with Crippen molar-refractivity contribution in [1.82, 2.24) is 9.88 Å². The molecule has 0 aliphatic heterocycles. The number of nitrogens with one attached hydrogen (secondary N) is 1. The van der Waals surface area contributed by atoms with Crippen LogP contribution < -0.4 is 5.32 Å². The molecule has 0 fully saturated rings. The van der Waals surface area contributed by atoms with E-state index in [0.717, 1.165) is 31.9 Å². The molecule has 0 radical (unpaired) electrons. The lowest BCUT2D eigenvalue weighted by Gasteiger charge is -2.18. The van der Waals surface area contributed by atoms with Gasteiger partial charge in [-0.3, -0.25) is 4.79 Å². The lowest BCUT2D eigenvalue weighted by molar-refractivity contribution is 0.0773. The molecule has 1 aromatic rings. The monoisotopic (exact) mass is 263 g/mol. The molecule has 1 aromatic heterocycles. The first-order chi connectivity index (χ1) is 9.08. The lowest BCUT2D eigenvalue weighted by atomic mass is 10.1. The number of rotatable bonds is 7. The highest BCUT2D eigenvalue weighted by atomic mass is 16.2. The molecule has 0 bridgehead atoms. The van der Waals surface area contributed by atoms with Gasteiger partial charge in [0.2, 0.25) is 0 Å². The van der Waals surface area contributed by atoms with Crippen LogP contribution in [-0.4, -0.2) is 35.4 Å². The van der Waals surface area contributed by atoms with E-state index in [0.29, 0.717) is 11.5 Å². The van der Waals surface area contributed by atoms with Gasteiger partial charge >= 0.3 is 0 Å². The number of carbonyl (C=O) groups is 1. The Hall–Kier alpha value is -1.58. The fraction of sp³-hybridized carbons (Fsp3) is 0.600. The maximum Gasteiger partial charge on any atom is 0.254 e. The van der Waals surface area contributed by atoms with Crippen LogP contribution in [0.3, 0.4) is 0 Å². The van der Waals surface area contributed by atoms with Gasteiger partial charge in [0.15, 0.2) is 0 Å². The summed E-state index contributed by atoms with van der Waals surface area (Å²) in [5.41, 5.74) is 0.700. The fourth-order valence-corrected chi connectivity index (χ4v) is 1.84. The van der Waals surface area contributed by atoms with Gasteiger partial charge < -0.3 is 10.2 Å². The first-order valence-corrected chi connectivity index (χ1v) is 7.07. The zero-order valence-electron chi connectivity index (χ0n) is 12.4. The summed E-state index contributed by atoms with van der Waals surface area (Å²) in [6.07, 6.45) is 2.78. The van der Waals surface area contributed by atoms with Crippen molar-refractivity contribution in [3.63, 3.8) is 0 Å². The van der Waals surface area contributed by atoms with Crippen molar-refractivity contribution in [1.29, 1.82) is 0 Å². The minimum absolute atomic E-state index is 0.0688. The molecular weight excluding hydrogens is 238 g/mol. The number of pyridine rings is 1. The third-order valence-corrected chi connectivity index (χ3v) is 3.09. The summed E-state index contributed by atoms with van der Waals surface area (Å²) in [7, 11) is 0. The molecule has 1 amide bonds. The van der Waals surface area contributed by atoms with Crippen molar-refractivity contribution in [2.75, 3.05) is 25.0 Å². The highest BCUT2D eigenvalue weighted by Crippen LogP contribution is 2.10. The molecule has 0 aliphatic rings. The quantitative estimate of drug-likeness (QED) is 0.822. The van der Waals surface area contributed by atoms with Crippen molar-refractivity contribution in [3.05, 3.63) is 23.9 Å². The summed E-state index contributed by atoms with van der Waals surface area (Å²) in [5, 5.41) is 3.26. The van der Waals surface area contributed by atoms with E-state index in [2.05, 4.69) is 24.1 Å². The van der Waals surface area contributed by atoms with Crippen molar-refractivity contribution < 1.29 is 4.79 Å². The number of hydrogen-bond acceptors (Lipinski definition) is 3. The zero-order chi connectivity index (χ0) is 14.3. The number of aromatic nitrogens is 1. The Kier molecular flexibility index (Phi) is 6.33. The topological polar surface area (TPSA) is 45.2 Å². The second-order valence-electron chi connectivity index (χ2n) is 5.02. The second-order valence-corrected chi connectivity index (χ2v) is 5.02. The van der Waals surface area contributed by atoms with Gasteiger partial charge in [-0.1, -0.05) is 13.8 Å². The Morgan fingerprint density at radius 1 is 1.37 bits per heavy atom. The van der Waals surface area contributed by atoms with Gasteiger partial charge in [0.1, 0.15) is 5.82 Å². The Morgan fingerprint density at radius 2 is 2.05 bits per heavy atom. The molecule has 0 atom stereocenters. The lowest BCUT2D eigenvalue weighted by Crippen LogP contribution is -2.30. The second kappa shape index (κ2) is 7.77. The zero-order valence-corrected chi connectivity index (χ0v) is 12.4. The van der Waals surface area contributed by atoms with Gasteiger partial charge in [-0.25, -0.2) is 4.98 Å². The van der Waals surface area contributed by atoms with Crippen LogP contribution in [0.4, 0.5) is 5.82 Å². The normalized spacial score (nSPS) is 10.6. The van der Waals surface area contributed by atoms with E-state index < -0.39 is 0 Å². The van der Waals surface area contributed by atoms with Crippen molar-refractivity contribution in [2.24, 2.45) is 5.92 Å². The summed E-state index contributed by atoms with van der Waals surface area (Å²) in [5.74, 6) is 1.51. The number of hydrogen-bond donors (Lipinski definition) is 1. The Morgan fingerprint density at radius 3 is 2.63 bits per heavy atom. The first-order valence-electron chi connectivity index (χ1n) is 7.07. The fourth-order valence-electron chi connectivity index (χ4n) is 1.84. The van der Waals surface area contributed by atoms with Crippen LogP contribution in [0.25, 0.3) is 0 Å². The standard InChI is InChI=1S/C15H25N3O/c1-5-18(6-2)15(19)13-8-10-17-14(11-13)16-9-7-12(3)4/h8,10-12H,5-7,9H2,1-4H3,(H,16,17). The highest BCUT2D eigenvalue weighted by Gasteiger charge is 2.12. The Labute approximate surface area is 116 Å². The largest absolute Gasteiger partial charge is 0.370 e. The minimum Gasteiger partial charge on any atom is -0.370 e. The molecule has 106 valence electrons. The molecule has 4 nitrogen and oxygen atoms in total. The van der Waals surface area contributed by atoms with Crippen LogP contribution in [-0.2, 0) is 0 Å². The van der Waals surface area contributed by atoms with E-state index in [1.165, 1.54) is 0 Å². The summed E-state index contributed by atoms with van der Waals surface area (Å²) in [4.78, 5) is 18.3. The molecule has 0 saturated heterocycles. The molecular formula is C15H25N3O. The van der Waals surface area contributed by atoms with Crippen LogP contribution >= 0.6 is 0 Å². The van der Waals surface area contributed by atoms with E-state index in [9.17, 15) is 4.79 Å². The summed E-state index contributed by atoms with van der Waals surface area (Å²) >= 11 is 0. The van der Waals surface area contributed by atoms with Gasteiger partial charge in [0, 0.05) is 31.4 Å². The third kappa shape index (κ3) is 4.89. The van der Waals surface area contributed by atoms with Gasteiger partial charge in [-0.2, -0.15) is 0 Å². The number of amides is 1. The molecule has 0 unspecified atom stereocenters. The molecule has 1 heterocycles. The molecule has 0 aliphatic carbocycles. The first kappa shape index (κ1) is 15.5. The number of carbonyl (C=O) groups excluding carboxylic acids is 1. The van der Waals surface area contributed by atoms with E-state index in [4.69, 9.17) is 0 Å². The van der Waals surface area contributed by atoms with Crippen molar-refractivity contribution in [2.45, 2.75) is 34.1 Å². The van der Waals surface area contributed by atoms with Gasteiger partial charge in [0.25, 0.3) is 5.91 Å². The number of anilines is 1. The van der Waals surface area contributed by atoms with Crippen molar-refractivity contribution >= 4 is 11.7 Å². The number of nitrogens with zero attached hydrogens (tertiary/aromatic N) is 2. The van der Waals surface area contributed by atoms with Crippen LogP contribution in [0.2, 0.25) is 0 Å². The van der Waals surface area contributed by atoms with E-state index in [-0.39, 0.29) is 5.91 Å². The minimum atomic E-state index is 0.0688. The van der Waals surface area contributed by atoms with Gasteiger partial charge in [-0.15, -0.1) is 0 Å². The van der Waals surface area contributed by atoms with Gasteiger partial charge in [0.05, 0.1) is 0 Å². The van der Waals surface area contributed by atoms with Crippen molar-refractivity contribution in [3.8, 4) is 0 Å². The molecule has 1 N–H and O–H groups in total. The average Bonchev–Trinajstić information content (AvgIpc) is 2.40. The van der Waals surface area contributed by atoms with Crippen LogP contribution in [0.15, 0.2) is 18.3 Å².